The van der Waals surface area contributed by atoms with Gasteiger partial charge in [0.25, 0.3) is 0 Å². The maximum absolute atomic E-state index is 13.4. The van der Waals surface area contributed by atoms with Crippen LogP contribution in [0, 0.1) is 23.1 Å². The van der Waals surface area contributed by atoms with Gasteiger partial charge >= 0.3 is 6.09 Å². The molecule has 28 heavy (non-hydrogen) atoms. The number of piperidine rings is 1. The zero-order chi connectivity index (χ0) is 20.9. The van der Waals surface area contributed by atoms with Crippen LogP contribution in [-0.2, 0) is 4.74 Å². The summed E-state index contributed by atoms with van der Waals surface area (Å²) < 4.78 is 19.9. The number of hydrazone groups is 1. The molecule has 0 atom stereocenters. The van der Waals surface area contributed by atoms with E-state index in [1.165, 1.54) is 12.1 Å². The average molecular weight is 518 g/mol. The van der Waals surface area contributed by atoms with Crippen LogP contribution in [0.2, 0.25) is 0 Å². The van der Waals surface area contributed by atoms with E-state index in [1.807, 2.05) is 20.8 Å². The normalized spacial score (nSPS) is 15.9. The third-order valence-corrected chi connectivity index (χ3v) is 5.45. The van der Waals surface area contributed by atoms with Crippen molar-refractivity contribution < 1.29 is 13.9 Å². The van der Waals surface area contributed by atoms with Gasteiger partial charge in [0.05, 0.1) is 23.9 Å². The van der Waals surface area contributed by atoms with Gasteiger partial charge in [-0.15, -0.1) is 0 Å². The minimum absolute atomic E-state index is 0.0869. The second kappa shape index (κ2) is 9.70. The van der Waals surface area contributed by atoms with Crippen LogP contribution in [-0.4, -0.2) is 35.4 Å². The van der Waals surface area contributed by atoms with E-state index in [-0.39, 0.29) is 24.2 Å². The molecule has 1 saturated heterocycles. The summed E-state index contributed by atoms with van der Waals surface area (Å²) >= 11 is 6.61. The van der Waals surface area contributed by atoms with Crippen LogP contribution in [0.5, 0.6) is 0 Å². The summed E-state index contributed by atoms with van der Waals surface area (Å²) in [4.78, 5) is 13.9. The zero-order valence-electron chi connectivity index (χ0n) is 16.1. The lowest BCUT2D eigenvalue weighted by atomic mass is 9.90. The molecule has 1 aliphatic heterocycles. The number of hydrogen-bond acceptors (Lipinski definition) is 5. The highest BCUT2D eigenvalue weighted by atomic mass is 79.9. The first-order valence-corrected chi connectivity index (χ1v) is 10.5. The number of nitrogens with zero attached hydrogens (tertiary/aromatic N) is 3. The monoisotopic (exact) mass is 516 g/mol. The van der Waals surface area contributed by atoms with Crippen molar-refractivity contribution in [1.29, 1.82) is 5.26 Å². The summed E-state index contributed by atoms with van der Waals surface area (Å²) in [7, 11) is 0. The SMILES string of the molecule is CC(C)(C)OC(=O)N1CCC(/C(CC#N)=N/Nc2c(Br)cc(F)cc2Br)CC1. The largest absolute Gasteiger partial charge is 0.444 e. The Morgan fingerprint density at radius 1 is 1.36 bits per heavy atom. The Morgan fingerprint density at radius 3 is 2.43 bits per heavy atom. The molecular weight excluding hydrogens is 495 g/mol. The topological polar surface area (TPSA) is 77.7 Å². The fraction of sp³-hybridized carbons (Fsp3) is 0.526. The van der Waals surface area contributed by atoms with Crippen molar-refractivity contribution in [1.82, 2.24) is 4.90 Å². The maximum Gasteiger partial charge on any atom is 0.410 e. The summed E-state index contributed by atoms with van der Waals surface area (Å²) in [5.74, 6) is -0.288. The summed E-state index contributed by atoms with van der Waals surface area (Å²) in [5, 5.41) is 13.6. The lowest BCUT2D eigenvalue weighted by Gasteiger charge is -2.33. The highest BCUT2D eigenvalue weighted by molar-refractivity contribution is 9.11. The Morgan fingerprint density at radius 2 is 1.93 bits per heavy atom. The molecule has 9 heteroatoms. The smallest absolute Gasteiger partial charge is 0.410 e. The van der Waals surface area contributed by atoms with Gasteiger partial charge in [0.15, 0.2) is 0 Å². The Balaban J connectivity index is 2.05. The van der Waals surface area contributed by atoms with E-state index >= 15 is 0 Å². The summed E-state index contributed by atoms with van der Waals surface area (Å²) in [5.41, 5.74) is 3.70. The molecule has 2 rings (SSSR count). The molecule has 1 aromatic rings. The van der Waals surface area contributed by atoms with Gasteiger partial charge in [-0.25, -0.2) is 9.18 Å². The van der Waals surface area contributed by atoms with Crippen molar-refractivity contribution in [2.45, 2.75) is 45.6 Å². The van der Waals surface area contributed by atoms with Crippen LogP contribution in [0.25, 0.3) is 0 Å². The third-order valence-electron chi connectivity index (χ3n) is 4.20. The fourth-order valence-corrected chi connectivity index (χ4v) is 4.16. The van der Waals surface area contributed by atoms with E-state index < -0.39 is 5.60 Å². The molecule has 0 aromatic heterocycles. The summed E-state index contributed by atoms with van der Waals surface area (Å²) in [6, 6.07) is 4.82. The number of nitrogens with one attached hydrogen (secondary N) is 1. The average Bonchev–Trinajstić information content (AvgIpc) is 2.58. The number of rotatable bonds is 4. The van der Waals surface area contributed by atoms with Crippen molar-refractivity contribution in [3.63, 3.8) is 0 Å². The number of benzene rings is 1. The Hall–Kier alpha value is -1.66. The molecule has 1 fully saturated rings. The van der Waals surface area contributed by atoms with E-state index in [4.69, 9.17) is 10.00 Å². The second-order valence-electron chi connectivity index (χ2n) is 7.54. The lowest BCUT2D eigenvalue weighted by molar-refractivity contribution is 0.0201. The first-order valence-electron chi connectivity index (χ1n) is 8.92. The fourth-order valence-electron chi connectivity index (χ4n) is 2.85. The second-order valence-corrected chi connectivity index (χ2v) is 9.24. The number of carbonyl (C=O) groups excluding carboxylic acids is 1. The minimum Gasteiger partial charge on any atom is -0.444 e. The van der Waals surface area contributed by atoms with E-state index in [0.717, 1.165) is 5.71 Å². The lowest BCUT2D eigenvalue weighted by Crippen LogP contribution is -2.43. The molecule has 0 aliphatic carbocycles. The molecule has 152 valence electrons. The van der Waals surface area contributed by atoms with Crippen molar-refractivity contribution >= 4 is 49.4 Å². The van der Waals surface area contributed by atoms with Crippen LogP contribution in [0.1, 0.15) is 40.0 Å². The van der Waals surface area contributed by atoms with E-state index in [0.29, 0.717) is 40.6 Å². The predicted molar refractivity (Wildman–Crippen MR) is 114 cm³/mol. The summed E-state index contributed by atoms with van der Waals surface area (Å²) in [6.07, 6.45) is 1.27. The van der Waals surface area contributed by atoms with Gasteiger partial charge in [0.2, 0.25) is 0 Å². The predicted octanol–water partition coefficient (Wildman–Crippen LogP) is 5.68. The number of carbonyl (C=O) groups is 1. The van der Waals surface area contributed by atoms with Crippen molar-refractivity contribution in [3.05, 3.63) is 26.9 Å². The van der Waals surface area contributed by atoms with Gasteiger partial charge in [0.1, 0.15) is 11.4 Å². The molecule has 0 saturated carbocycles. The number of halogens is 3. The zero-order valence-corrected chi connectivity index (χ0v) is 19.2. The van der Waals surface area contributed by atoms with Gasteiger partial charge in [-0.3, -0.25) is 5.43 Å². The van der Waals surface area contributed by atoms with Crippen molar-refractivity contribution in [2.24, 2.45) is 11.0 Å². The van der Waals surface area contributed by atoms with Crippen LogP contribution < -0.4 is 5.43 Å². The van der Waals surface area contributed by atoms with Crippen LogP contribution >= 0.6 is 31.9 Å². The van der Waals surface area contributed by atoms with E-state index in [2.05, 4.69) is 48.5 Å². The standard InChI is InChI=1S/C19H23Br2FN4O2/c1-19(2,3)28-18(27)26-8-5-12(6-9-26)16(4-7-23)24-25-17-14(20)10-13(22)11-15(17)21/h10-12,25H,4-6,8-9H2,1-3H3/b24-16+. The molecular formula is C19H23Br2FN4O2. The van der Waals surface area contributed by atoms with Crippen LogP contribution in [0.3, 0.4) is 0 Å². The number of likely N-dealkylation sites (tertiary alicyclic amines) is 1. The molecule has 1 aliphatic rings. The number of nitriles is 1. The molecule has 0 radical (unpaired) electrons. The van der Waals surface area contributed by atoms with Gasteiger partial charge in [0, 0.05) is 28.0 Å². The highest BCUT2D eigenvalue weighted by Crippen LogP contribution is 2.32. The molecule has 0 spiro atoms. The van der Waals surface area contributed by atoms with Crippen LogP contribution in [0.15, 0.2) is 26.2 Å². The first-order chi connectivity index (χ1) is 13.1. The third kappa shape index (κ3) is 6.45. The quantitative estimate of drug-likeness (QED) is 0.411. The van der Waals surface area contributed by atoms with Crippen molar-refractivity contribution in [3.8, 4) is 6.07 Å². The number of anilines is 1. The maximum atomic E-state index is 13.4. The van der Waals surface area contributed by atoms with Gasteiger partial charge < -0.3 is 9.64 Å². The highest BCUT2D eigenvalue weighted by Gasteiger charge is 2.29. The van der Waals surface area contributed by atoms with E-state index in [1.54, 1.807) is 4.90 Å². The van der Waals surface area contributed by atoms with E-state index in [9.17, 15) is 9.18 Å². The van der Waals surface area contributed by atoms with Crippen molar-refractivity contribution in [2.75, 3.05) is 18.5 Å². The number of hydrogen-bond donors (Lipinski definition) is 1. The molecule has 1 N–H and O–H groups in total. The number of amides is 1. The molecule has 1 heterocycles. The molecule has 1 aromatic carbocycles. The Labute approximate surface area is 181 Å². The van der Waals surface area contributed by atoms with Gasteiger partial charge in [-0.2, -0.15) is 10.4 Å². The van der Waals surface area contributed by atoms with Crippen LogP contribution in [0.4, 0.5) is 14.9 Å². The van der Waals surface area contributed by atoms with Gasteiger partial charge in [-0.05, 0) is 77.6 Å². The molecule has 6 nitrogen and oxygen atoms in total. The Bertz CT molecular complexity index is 771. The summed E-state index contributed by atoms with van der Waals surface area (Å²) in [6.45, 7) is 6.62. The Kier molecular flexibility index (Phi) is 7.84. The molecule has 0 bridgehead atoms. The van der Waals surface area contributed by atoms with Gasteiger partial charge in [-0.1, -0.05) is 0 Å². The molecule has 1 amide bonds. The minimum atomic E-state index is -0.527. The molecule has 0 unspecified atom stereocenters. The first kappa shape index (κ1) is 22.6. The number of ether oxygens (including phenoxy) is 1.